The number of rotatable bonds is 3. The van der Waals surface area contributed by atoms with E-state index < -0.39 is 0 Å². The molecule has 7 N–H and O–H groups in total. The van der Waals surface area contributed by atoms with Gasteiger partial charge >= 0.3 is 0 Å². The quantitative estimate of drug-likeness (QED) is 0.505. The zero-order chi connectivity index (χ0) is 27.6. The van der Waals surface area contributed by atoms with Gasteiger partial charge < -0.3 is 21.1 Å². The first-order chi connectivity index (χ1) is 17.6. The molecule has 0 bridgehead atoms. The van der Waals surface area contributed by atoms with Crippen molar-refractivity contribution in [3.05, 3.63) is 0 Å². The van der Waals surface area contributed by atoms with E-state index in [1.807, 2.05) is 0 Å². The van der Waals surface area contributed by atoms with Crippen LogP contribution in [0.25, 0.3) is 0 Å². The first kappa shape index (κ1) is 28.0. The van der Waals surface area contributed by atoms with Crippen LogP contribution in [0.15, 0.2) is 0 Å². The number of fused-ring (bicyclic) bond motifs is 7. The molecule has 4 aliphatic carbocycles. The summed E-state index contributed by atoms with van der Waals surface area (Å²) in [5.41, 5.74) is 6.29. The molecule has 38 heavy (non-hydrogen) atoms. The fraction of sp³-hybridized carbons (Fsp3) is 1.00. The Kier molecular flexibility index (Phi) is 6.06. The van der Waals surface area contributed by atoms with Gasteiger partial charge in [0, 0.05) is 30.1 Å². The molecule has 2 saturated heterocycles. The second-order valence-corrected chi connectivity index (χ2v) is 17.5. The Hall–Kier alpha value is -0.160. The van der Waals surface area contributed by atoms with E-state index in [9.17, 15) is 0 Å². The Morgan fingerprint density at radius 2 is 1.58 bits per heavy atom. The summed E-state index contributed by atoms with van der Waals surface area (Å²) in [5.74, 6) is 2.21. The van der Waals surface area contributed by atoms with Crippen LogP contribution in [0.4, 0.5) is 0 Å². The molecular formula is C34H64N3O+3. The van der Waals surface area contributed by atoms with Gasteiger partial charge in [0.2, 0.25) is 5.72 Å². The molecule has 0 aromatic heterocycles. The molecule has 0 radical (unpaired) electrons. The van der Waals surface area contributed by atoms with Crippen LogP contribution in [0.2, 0.25) is 0 Å². The third-order valence-corrected chi connectivity index (χ3v) is 16.8. The van der Waals surface area contributed by atoms with Gasteiger partial charge in [-0.2, -0.15) is 0 Å². The Balaban J connectivity index is 1.36. The van der Waals surface area contributed by atoms with Gasteiger partial charge in [-0.3, -0.25) is 0 Å². The summed E-state index contributed by atoms with van der Waals surface area (Å²) in [4.78, 5) is 0. The second-order valence-electron chi connectivity index (χ2n) is 17.5. The molecule has 4 heteroatoms. The zero-order valence-electron chi connectivity index (χ0n) is 26.8. The molecule has 0 amide bonds. The molecule has 0 aromatic rings. The lowest BCUT2D eigenvalue weighted by atomic mass is 9.31. The molecule has 1 spiro atoms. The van der Waals surface area contributed by atoms with Crippen LogP contribution >= 0.6 is 0 Å². The Morgan fingerprint density at radius 3 is 2.24 bits per heavy atom. The highest BCUT2D eigenvalue weighted by Gasteiger charge is 2.84. The lowest BCUT2D eigenvalue weighted by Crippen LogP contribution is -3.01. The number of nitrogens with two attached hydrogens (primary N) is 2. The minimum atomic E-state index is -0.0271. The molecule has 6 aliphatic rings. The monoisotopic (exact) mass is 531 g/mol. The molecule has 218 valence electrons. The number of hydrogen-bond acceptors (Lipinski definition) is 1. The van der Waals surface area contributed by atoms with Crippen molar-refractivity contribution in [3.8, 4) is 0 Å². The van der Waals surface area contributed by atoms with Crippen molar-refractivity contribution in [2.45, 2.75) is 144 Å². The molecular weight excluding hydrogens is 466 g/mol. The van der Waals surface area contributed by atoms with Crippen LogP contribution < -0.4 is 16.4 Å². The number of quaternary nitrogens is 3. The van der Waals surface area contributed by atoms with Gasteiger partial charge in [-0.1, -0.05) is 55.4 Å². The van der Waals surface area contributed by atoms with Crippen molar-refractivity contribution >= 4 is 0 Å². The predicted molar refractivity (Wildman–Crippen MR) is 154 cm³/mol. The maximum atomic E-state index is 7.54. The van der Waals surface area contributed by atoms with Gasteiger partial charge in [0.15, 0.2) is 0 Å². The molecule has 2 heterocycles. The van der Waals surface area contributed by atoms with E-state index in [0.29, 0.717) is 33.0 Å². The van der Waals surface area contributed by atoms with Gasteiger partial charge in [0.1, 0.15) is 13.1 Å². The van der Waals surface area contributed by atoms with Crippen LogP contribution in [0.3, 0.4) is 0 Å². The maximum absolute atomic E-state index is 7.54. The Morgan fingerprint density at radius 1 is 0.842 bits per heavy atom. The molecule has 1 unspecified atom stereocenters. The van der Waals surface area contributed by atoms with Crippen molar-refractivity contribution in [1.82, 2.24) is 0 Å². The molecule has 6 fully saturated rings. The lowest BCUT2D eigenvalue weighted by Gasteiger charge is -2.73. The standard InChI is InChI=1S/C34H61N3O/c1-23-10-15-34(37-21-23)24(2)33(9)31(7)17-16-28(4)26(29(31,5)22-32(33,8)38-34)12-13-27(3)20-25(36-19-18-35)11-14-30(27,28)6/h23-26,36-37H,10-22,35H2,1-9H3/p+3/t23-,24-,25?,26+,27-,28-,29-,30-,31-,32-,33+,34-/m0/s1. The van der Waals surface area contributed by atoms with Gasteiger partial charge in [-0.25, -0.2) is 0 Å². The summed E-state index contributed by atoms with van der Waals surface area (Å²) >= 11 is 0. The van der Waals surface area contributed by atoms with E-state index in [1.165, 1.54) is 77.3 Å². The molecule has 0 aromatic carbocycles. The zero-order valence-corrected chi connectivity index (χ0v) is 26.8. The van der Waals surface area contributed by atoms with E-state index in [-0.39, 0.29) is 16.7 Å². The fourth-order valence-corrected chi connectivity index (χ4v) is 13.7. The molecule has 2 aliphatic heterocycles. The Bertz CT molecular complexity index is 961. The van der Waals surface area contributed by atoms with E-state index in [0.717, 1.165) is 24.4 Å². The number of hydrogen-bond donors (Lipinski definition) is 3. The van der Waals surface area contributed by atoms with Crippen molar-refractivity contribution in [2.75, 3.05) is 19.6 Å². The predicted octanol–water partition coefficient (Wildman–Crippen LogP) is 4.10. The maximum Gasteiger partial charge on any atom is 0.203 e. The highest BCUT2D eigenvalue weighted by Crippen LogP contribution is 2.85. The smallest absolute Gasteiger partial charge is 0.203 e. The molecule has 12 atom stereocenters. The SMILES string of the molecule is C[C@H]1CC[C@]2([NH2+]C1)O[C@@]1(C)C[C@@]3(C)[C@@H]4CC[C@@]5(C)CC([NH2+]CC[NH3+])CC[C@]5(C)[C@@]4(C)CC[C@]3(C)[C@@]1(C)[C@@H]2C. The van der Waals surface area contributed by atoms with Crippen LogP contribution in [0, 0.1) is 50.2 Å². The largest absolute Gasteiger partial charge is 0.353 e. The van der Waals surface area contributed by atoms with E-state index in [1.54, 1.807) is 0 Å². The first-order valence-electron chi connectivity index (χ1n) is 16.8. The van der Waals surface area contributed by atoms with Gasteiger partial charge in [-0.05, 0) is 91.3 Å². The second kappa shape index (κ2) is 8.23. The minimum Gasteiger partial charge on any atom is -0.353 e. The summed E-state index contributed by atoms with van der Waals surface area (Å²) in [5, 5.41) is 5.29. The summed E-state index contributed by atoms with van der Waals surface area (Å²) in [6, 6.07) is 0.808. The average molecular weight is 531 g/mol. The lowest BCUT2D eigenvalue weighted by molar-refractivity contribution is -0.788. The van der Waals surface area contributed by atoms with Crippen molar-refractivity contribution in [3.63, 3.8) is 0 Å². The van der Waals surface area contributed by atoms with Crippen LogP contribution in [-0.4, -0.2) is 37.0 Å². The fourth-order valence-electron chi connectivity index (χ4n) is 13.7. The summed E-state index contributed by atoms with van der Waals surface area (Å²) in [6.45, 7) is 27.5. The number of ether oxygens (including phenoxy) is 1. The average Bonchev–Trinajstić information content (AvgIpc) is 3.11. The highest BCUT2D eigenvalue weighted by atomic mass is 16.5. The third kappa shape index (κ3) is 2.98. The number of piperidine rings is 1. The van der Waals surface area contributed by atoms with E-state index >= 15 is 0 Å². The Labute approximate surface area is 234 Å². The van der Waals surface area contributed by atoms with Crippen LogP contribution in [-0.2, 0) is 4.74 Å². The van der Waals surface area contributed by atoms with Gasteiger partial charge in [0.25, 0.3) is 0 Å². The minimum absolute atomic E-state index is 0.00110. The summed E-state index contributed by atoms with van der Waals surface area (Å²) in [6.07, 6.45) is 13.7. The van der Waals surface area contributed by atoms with E-state index in [4.69, 9.17) is 4.74 Å². The van der Waals surface area contributed by atoms with Crippen molar-refractivity contribution < 1.29 is 21.1 Å². The summed E-state index contributed by atoms with van der Waals surface area (Å²) < 4.78 is 7.54. The summed E-state index contributed by atoms with van der Waals surface area (Å²) in [7, 11) is 0. The highest BCUT2D eigenvalue weighted by molar-refractivity contribution is 5.30. The normalized spacial score (nSPS) is 61.7. The molecule has 6 rings (SSSR count). The van der Waals surface area contributed by atoms with Crippen molar-refractivity contribution in [2.24, 2.45) is 50.2 Å². The van der Waals surface area contributed by atoms with Crippen LogP contribution in [0.1, 0.15) is 127 Å². The topological polar surface area (TPSA) is 70.1 Å². The molecule has 4 saturated carbocycles. The third-order valence-electron chi connectivity index (χ3n) is 16.8. The molecule has 4 nitrogen and oxygen atoms in total. The van der Waals surface area contributed by atoms with Gasteiger partial charge in [0.05, 0.1) is 18.2 Å². The van der Waals surface area contributed by atoms with E-state index in [2.05, 4.69) is 78.7 Å². The van der Waals surface area contributed by atoms with Gasteiger partial charge in [-0.15, -0.1) is 0 Å². The van der Waals surface area contributed by atoms with Crippen LogP contribution in [0.5, 0.6) is 0 Å². The van der Waals surface area contributed by atoms with Crippen molar-refractivity contribution in [1.29, 1.82) is 0 Å². The first-order valence-corrected chi connectivity index (χ1v) is 16.8.